The van der Waals surface area contributed by atoms with Gasteiger partial charge in [0, 0.05) is 36.7 Å². The lowest BCUT2D eigenvalue weighted by Crippen LogP contribution is -2.19. The summed E-state index contributed by atoms with van der Waals surface area (Å²) in [5, 5.41) is 21.8. The van der Waals surface area contributed by atoms with E-state index in [0.717, 1.165) is 22.4 Å². The number of hydrogen-bond donors (Lipinski definition) is 1. The summed E-state index contributed by atoms with van der Waals surface area (Å²) >= 11 is 1.28. The Bertz CT molecular complexity index is 1390. The minimum absolute atomic E-state index is 0.0964. The number of aromatic nitrogens is 5. The van der Waals surface area contributed by atoms with Crippen molar-refractivity contribution < 1.29 is 9.18 Å². The number of carbonyl (C=O) groups excluding carboxylic acids is 1. The molecule has 0 fully saturated rings. The number of hydrogen-bond acceptors (Lipinski definition) is 6. The third-order valence-electron chi connectivity index (χ3n) is 5.76. The number of pyridine rings is 1. The number of benzene rings is 1. The van der Waals surface area contributed by atoms with Gasteiger partial charge in [0.1, 0.15) is 17.7 Å². The maximum atomic E-state index is 13.3. The van der Waals surface area contributed by atoms with Gasteiger partial charge in [-0.1, -0.05) is 23.9 Å². The van der Waals surface area contributed by atoms with Gasteiger partial charge in [-0.15, -0.1) is 10.2 Å². The van der Waals surface area contributed by atoms with Crippen LogP contribution in [0, 0.1) is 31.0 Å². The number of nitrogens with one attached hydrogen (secondary N) is 1. The van der Waals surface area contributed by atoms with Gasteiger partial charge < -0.3 is 14.5 Å². The molecule has 0 aliphatic rings. The molecular weight excluding hydrogens is 465 g/mol. The van der Waals surface area contributed by atoms with Crippen LogP contribution < -0.4 is 5.32 Å². The number of halogens is 1. The van der Waals surface area contributed by atoms with Gasteiger partial charge >= 0.3 is 0 Å². The van der Waals surface area contributed by atoms with Crippen LogP contribution >= 0.6 is 11.8 Å². The lowest BCUT2D eigenvalue weighted by Gasteiger charge is -2.13. The van der Waals surface area contributed by atoms with E-state index in [0.29, 0.717) is 35.5 Å². The summed E-state index contributed by atoms with van der Waals surface area (Å²) in [5.41, 5.74) is 3.83. The first-order valence-electron chi connectivity index (χ1n) is 11.0. The van der Waals surface area contributed by atoms with E-state index in [2.05, 4.69) is 26.6 Å². The van der Waals surface area contributed by atoms with Crippen LogP contribution in [0.25, 0.3) is 11.4 Å². The molecule has 4 rings (SSSR count). The van der Waals surface area contributed by atoms with Crippen molar-refractivity contribution in [2.24, 2.45) is 0 Å². The zero-order chi connectivity index (χ0) is 24.9. The average molecular weight is 490 g/mol. The molecule has 0 radical (unpaired) electrons. The minimum atomic E-state index is -0.315. The lowest BCUT2D eigenvalue weighted by molar-refractivity contribution is -0.113. The highest BCUT2D eigenvalue weighted by atomic mass is 32.2. The Kier molecular flexibility index (Phi) is 7.27. The number of thioether (sulfide) groups is 1. The fourth-order valence-corrected chi connectivity index (χ4v) is 4.60. The molecule has 10 heteroatoms. The fraction of sp³-hybridized carbons (Fsp3) is 0.240. The highest BCUT2D eigenvalue weighted by Gasteiger charge is 2.21. The minimum Gasteiger partial charge on any atom is -0.326 e. The maximum absolute atomic E-state index is 13.3. The molecule has 8 nitrogen and oxygen atoms in total. The van der Waals surface area contributed by atoms with E-state index in [1.807, 2.05) is 42.0 Å². The highest BCUT2D eigenvalue weighted by molar-refractivity contribution is 7.99. The van der Waals surface area contributed by atoms with E-state index in [1.165, 1.54) is 23.9 Å². The van der Waals surface area contributed by atoms with Crippen LogP contribution in [0.3, 0.4) is 0 Å². The average Bonchev–Trinajstić information content (AvgIpc) is 3.38. The highest BCUT2D eigenvalue weighted by Crippen LogP contribution is 2.28. The van der Waals surface area contributed by atoms with Crippen LogP contribution in [0.15, 0.2) is 53.9 Å². The van der Waals surface area contributed by atoms with E-state index >= 15 is 0 Å². The number of anilines is 1. The molecule has 0 atom stereocenters. The van der Waals surface area contributed by atoms with Crippen LogP contribution in [0.5, 0.6) is 0 Å². The van der Waals surface area contributed by atoms with E-state index in [1.54, 1.807) is 24.5 Å². The Morgan fingerprint density at radius 2 is 1.83 bits per heavy atom. The third-order valence-corrected chi connectivity index (χ3v) is 6.72. The van der Waals surface area contributed by atoms with Crippen LogP contribution in [0.1, 0.15) is 29.3 Å². The molecule has 0 unspecified atom stereocenters. The molecule has 3 heterocycles. The van der Waals surface area contributed by atoms with Gasteiger partial charge in [0.15, 0.2) is 11.0 Å². The smallest absolute Gasteiger partial charge is 0.235 e. The molecule has 1 aromatic carbocycles. The second-order valence-corrected chi connectivity index (χ2v) is 8.82. The van der Waals surface area contributed by atoms with E-state index in [9.17, 15) is 14.4 Å². The summed E-state index contributed by atoms with van der Waals surface area (Å²) in [6.07, 6.45) is 3.39. The standard InChI is InChI=1S/C25H24FN7OS/c1-4-32-23(19-9-11-28-12-10-19)30-31-25(32)35-15-22(34)29-24-21(13-27)16(2)17(3)33(24)14-18-5-7-20(26)8-6-18/h5-12H,4,14-15H2,1-3H3,(H,29,34). The van der Waals surface area contributed by atoms with Crippen molar-refractivity contribution in [1.82, 2.24) is 24.3 Å². The summed E-state index contributed by atoms with van der Waals surface area (Å²) < 4.78 is 17.2. The molecule has 0 aliphatic heterocycles. The first-order valence-corrected chi connectivity index (χ1v) is 12.0. The molecule has 178 valence electrons. The topological polar surface area (TPSA) is 101 Å². The Morgan fingerprint density at radius 3 is 2.49 bits per heavy atom. The molecule has 0 saturated heterocycles. The fourth-order valence-electron chi connectivity index (χ4n) is 3.79. The summed E-state index contributed by atoms with van der Waals surface area (Å²) in [6, 6.07) is 12.1. The van der Waals surface area contributed by atoms with E-state index in [4.69, 9.17) is 0 Å². The predicted octanol–water partition coefficient (Wildman–Crippen LogP) is 4.57. The first-order chi connectivity index (χ1) is 16.9. The molecular formula is C25H24FN7OS. The van der Waals surface area contributed by atoms with Crippen LogP contribution in [0.2, 0.25) is 0 Å². The number of carbonyl (C=O) groups is 1. The molecule has 3 aromatic heterocycles. The number of nitriles is 1. The summed E-state index contributed by atoms with van der Waals surface area (Å²) in [6.45, 7) is 6.78. The van der Waals surface area contributed by atoms with Crippen molar-refractivity contribution in [2.75, 3.05) is 11.1 Å². The normalized spacial score (nSPS) is 10.8. The largest absolute Gasteiger partial charge is 0.326 e. The van der Waals surface area contributed by atoms with Gasteiger partial charge in [-0.3, -0.25) is 9.78 Å². The van der Waals surface area contributed by atoms with Gasteiger partial charge in [-0.25, -0.2) is 4.39 Å². The Balaban J connectivity index is 1.53. The Morgan fingerprint density at radius 1 is 1.11 bits per heavy atom. The summed E-state index contributed by atoms with van der Waals surface area (Å²) in [5.74, 6) is 0.667. The van der Waals surface area contributed by atoms with E-state index in [-0.39, 0.29) is 17.5 Å². The third kappa shape index (κ3) is 5.10. The van der Waals surface area contributed by atoms with Crippen molar-refractivity contribution in [3.63, 3.8) is 0 Å². The van der Waals surface area contributed by atoms with Gasteiger partial charge in [0.2, 0.25) is 5.91 Å². The van der Waals surface area contributed by atoms with Crippen molar-refractivity contribution in [1.29, 1.82) is 5.26 Å². The molecule has 1 amide bonds. The molecule has 1 N–H and O–H groups in total. The Labute approximate surface area is 206 Å². The lowest BCUT2D eigenvalue weighted by atomic mass is 10.2. The SMILES string of the molecule is CCn1c(SCC(=O)Nc2c(C#N)c(C)c(C)n2Cc2ccc(F)cc2)nnc1-c1ccncc1. The Hall–Kier alpha value is -3.97. The van der Waals surface area contributed by atoms with Crippen molar-refractivity contribution in [2.45, 2.75) is 39.0 Å². The maximum Gasteiger partial charge on any atom is 0.235 e. The predicted molar refractivity (Wildman–Crippen MR) is 132 cm³/mol. The number of rotatable bonds is 8. The quantitative estimate of drug-likeness (QED) is 0.364. The van der Waals surface area contributed by atoms with Crippen molar-refractivity contribution in [3.05, 3.63) is 77.0 Å². The van der Waals surface area contributed by atoms with E-state index < -0.39 is 0 Å². The van der Waals surface area contributed by atoms with Crippen LogP contribution in [-0.2, 0) is 17.9 Å². The van der Waals surface area contributed by atoms with Gasteiger partial charge in [0.05, 0.1) is 11.3 Å². The summed E-state index contributed by atoms with van der Waals surface area (Å²) in [7, 11) is 0. The van der Waals surface area contributed by atoms with Crippen LogP contribution in [-0.4, -0.2) is 36.0 Å². The van der Waals surface area contributed by atoms with Gasteiger partial charge in [0.25, 0.3) is 0 Å². The number of nitrogens with zero attached hydrogens (tertiary/aromatic N) is 6. The molecule has 35 heavy (non-hydrogen) atoms. The van der Waals surface area contributed by atoms with Crippen LogP contribution in [0.4, 0.5) is 10.2 Å². The van der Waals surface area contributed by atoms with Gasteiger partial charge in [-0.2, -0.15) is 5.26 Å². The van der Waals surface area contributed by atoms with Gasteiger partial charge in [-0.05, 0) is 56.2 Å². The molecule has 0 spiro atoms. The first kappa shape index (κ1) is 24.2. The second-order valence-electron chi connectivity index (χ2n) is 7.88. The molecule has 0 saturated carbocycles. The molecule has 0 bridgehead atoms. The zero-order valence-electron chi connectivity index (χ0n) is 19.6. The number of amides is 1. The van der Waals surface area contributed by atoms with Crippen molar-refractivity contribution in [3.8, 4) is 17.5 Å². The zero-order valence-corrected chi connectivity index (χ0v) is 20.4. The second kappa shape index (κ2) is 10.5. The van der Waals surface area contributed by atoms with Crippen molar-refractivity contribution >= 4 is 23.5 Å². The molecule has 0 aliphatic carbocycles. The monoisotopic (exact) mass is 489 g/mol. The molecule has 4 aromatic rings. The summed E-state index contributed by atoms with van der Waals surface area (Å²) in [4.78, 5) is 17.0.